The fourth-order valence-electron chi connectivity index (χ4n) is 2.73. The van der Waals surface area contributed by atoms with Crippen LogP contribution in [0, 0.1) is 11.2 Å². The Balaban J connectivity index is 1.90. The summed E-state index contributed by atoms with van der Waals surface area (Å²) in [6, 6.07) is 0. The highest BCUT2D eigenvalue weighted by Crippen LogP contribution is 2.40. The maximum Gasteiger partial charge on any atom is 0.362 e. The summed E-state index contributed by atoms with van der Waals surface area (Å²) in [5, 5.41) is 27.9. The van der Waals surface area contributed by atoms with Gasteiger partial charge in [-0.3, -0.25) is 0 Å². The lowest BCUT2D eigenvalue weighted by atomic mass is 9.95. The van der Waals surface area contributed by atoms with Crippen LogP contribution in [-0.4, -0.2) is 59.3 Å². The van der Waals surface area contributed by atoms with E-state index < -0.39 is 18.4 Å². The molecular weight excluding hydrogens is 275 g/mol. The van der Waals surface area contributed by atoms with Crippen molar-refractivity contribution in [3.63, 3.8) is 0 Å². The number of nitrogen functional groups attached to an aromatic ring is 1. The standard InChI is InChI=1S/C11H15BN6O3/c13-3-12-18-5-17(8-1-6(20)7(2-19)21-8)11-9(18)10(14)15-4-16-11/h4,6-8,12,19-20H,1-2,5H2,(H2,14,15,16)/t6-,7+,8+/m0/s1. The van der Waals surface area contributed by atoms with Crippen molar-refractivity contribution >= 4 is 24.7 Å². The van der Waals surface area contributed by atoms with E-state index in [1.54, 1.807) is 4.81 Å². The van der Waals surface area contributed by atoms with Gasteiger partial charge in [-0.2, -0.15) is 0 Å². The Hall–Kier alpha value is -2.09. The number of aromatic nitrogens is 2. The molecule has 0 bridgehead atoms. The summed E-state index contributed by atoms with van der Waals surface area (Å²) < 4.78 is 5.65. The lowest BCUT2D eigenvalue weighted by molar-refractivity contribution is -0.0219. The molecule has 0 aromatic carbocycles. The van der Waals surface area contributed by atoms with Crippen molar-refractivity contribution in [2.45, 2.75) is 24.9 Å². The van der Waals surface area contributed by atoms with E-state index >= 15 is 0 Å². The molecule has 3 heterocycles. The van der Waals surface area contributed by atoms with Crippen LogP contribution < -0.4 is 15.4 Å². The van der Waals surface area contributed by atoms with Gasteiger partial charge in [0, 0.05) is 12.4 Å². The van der Waals surface area contributed by atoms with Crippen LogP contribution in [0.3, 0.4) is 0 Å². The first-order valence-corrected chi connectivity index (χ1v) is 6.59. The average molecular weight is 290 g/mol. The number of anilines is 3. The zero-order valence-electron chi connectivity index (χ0n) is 11.3. The zero-order valence-corrected chi connectivity index (χ0v) is 11.3. The number of hydrogen-bond donors (Lipinski definition) is 3. The Morgan fingerprint density at radius 3 is 3.05 bits per heavy atom. The van der Waals surface area contributed by atoms with E-state index in [0.29, 0.717) is 30.4 Å². The molecule has 1 fully saturated rings. The molecule has 4 N–H and O–H groups in total. The summed E-state index contributed by atoms with van der Waals surface area (Å²) in [7, 11) is 0.153. The van der Waals surface area contributed by atoms with Gasteiger partial charge in [0.1, 0.15) is 24.3 Å². The highest BCUT2D eigenvalue weighted by Gasteiger charge is 2.42. The van der Waals surface area contributed by atoms with Gasteiger partial charge in [-0.1, -0.05) is 0 Å². The van der Waals surface area contributed by atoms with Crippen LogP contribution in [0.25, 0.3) is 0 Å². The molecule has 1 aromatic heterocycles. The molecule has 0 unspecified atom stereocenters. The molecule has 10 heteroatoms. The van der Waals surface area contributed by atoms with Gasteiger partial charge in [0.2, 0.25) is 0 Å². The highest BCUT2D eigenvalue weighted by atomic mass is 16.5. The van der Waals surface area contributed by atoms with Crippen LogP contribution >= 0.6 is 0 Å². The molecule has 1 aromatic rings. The van der Waals surface area contributed by atoms with Gasteiger partial charge in [-0.15, -0.1) is 0 Å². The third-order valence-corrected chi connectivity index (χ3v) is 3.74. The van der Waals surface area contributed by atoms with Crippen LogP contribution in [-0.2, 0) is 4.74 Å². The Morgan fingerprint density at radius 2 is 2.38 bits per heavy atom. The summed E-state index contributed by atoms with van der Waals surface area (Å²) in [4.78, 5) is 11.7. The van der Waals surface area contributed by atoms with Crippen LogP contribution in [0.4, 0.5) is 17.3 Å². The van der Waals surface area contributed by atoms with Gasteiger partial charge < -0.3 is 30.4 Å². The van der Waals surface area contributed by atoms with Crippen molar-refractivity contribution in [3.05, 3.63) is 6.33 Å². The first-order valence-electron chi connectivity index (χ1n) is 6.59. The molecule has 2 aliphatic rings. The van der Waals surface area contributed by atoms with Crippen LogP contribution in [0.5, 0.6) is 0 Å². The fraction of sp³-hybridized carbons (Fsp3) is 0.545. The minimum absolute atomic E-state index is 0.153. The second kappa shape index (κ2) is 5.36. The molecule has 0 amide bonds. The molecule has 1 saturated heterocycles. The van der Waals surface area contributed by atoms with E-state index in [0.717, 1.165) is 0 Å². The van der Waals surface area contributed by atoms with Crippen LogP contribution in [0.15, 0.2) is 6.33 Å². The first kappa shape index (κ1) is 13.9. The van der Waals surface area contributed by atoms with Crippen LogP contribution in [0.1, 0.15) is 6.42 Å². The third-order valence-electron chi connectivity index (χ3n) is 3.74. The largest absolute Gasteiger partial charge is 0.394 e. The van der Waals surface area contributed by atoms with Crippen molar-refractivity contribution in [2.24, 2.45) is 0 Å². The fourth-order valence-corrected chi connectivity index (χ4v) is 2.73. The molecule has 0 saturated carbocycles. The number of aliphatic hydroxyl groups excluding tert-OH is 2. The Kier molecular flexibility index (Phi) is 3.54. The Morgan fingerprint density at radius 1 is 1.57 bits per heavy atom. The molecule has 3 atom stereocenters. The Labute approximate surface area is 121 Å². The first-order chi connectivity index (χ1) is 10.2. The third kappa shape index (κ3) is 2.25. The van der Waals surface area contributed by atoms with Gasteiger partial charge in [0.05, 0.1) is 19.4 Å². The predicted molar refractivity (Wildman–Crippen MR) is 75.4 cm³/mol. The van der Waals surface area contributed by atoms with E-state index in [-0.39, 0.29) is 14.0 Å². The van der Waals surface area contributed by atoms with Crippen molar-refractivity contribution in [3.8, 4) is 5.97 Å². The molecule has 2 aliphatic heterocycles. The number of nitrogens with two attached hydrogens (primary N) is 1. The topological polar surface area (TPSA) is 132 Å². The van der Waals surface area contributed by atoms with Crippen LogP contribution in [0.2, 0.25) is 0 Å². The summed E-state index contributed by atoms with van der Waals surface area (Å²) >= 11 is 0. The predicted octanol–water partition coefficient (Wildman–Crippen LogP) is -2.06. The van der Waals surface area contributed by atoms with Crippen molar-refractivity contribution in [2.75, 3.05) is 28.7 Å². The second-order valence-corrected chi connectivity index (χ2v) is 5.01. The number of rotatable bonds is 3. The number of nitrogens with zero attached hydrogens (tertiary/aromatic N) is 5. The molecule has 0 spiro atoms. The molecule has 3 rings (SSSR count). The van der Waals surface area contributed by atoms with Gasteiger partial charge in [-0.05, 0) is 0 Å². The van der Waals surface area contributed by atoms with E-state index in [9.17, 15) is 10.2 Å². The molecule has 21 heavy (non-hydrogen) atoms. The number of nitriles is 1. The number of aliphatic hydroxyl groups is 2. The van der Waals surface area contributed by atoms with E-state index in [1.165, 1.54) is 6.33 Å². The average Bonchev–Trinajstić information content (AvgIpc) is 3.01. The summed E-state index contributed by atoms with van der Waals surface area (Å²) in [5.41, 5.74) is 6.48. The molecule has 9 nitrogen and oxygen atoms in total. The van der Waals surface area contributed by atoms with E-state index in [4.69, 9.17) is 15.7 Å². The number of hydrogen-bond acceptors (Lipinski definition) is 9. The van der Waals surface area contributed by atoms with Gasteiger partial charge in [-0.25, -0.2) is 15.2 Å². The summed E-state index contributed by atoms with van der Waals surface area (Å²) in [5.74, 6) is 2.95. The molecular formula is C11H15BN6O3. The monoisotopic (exact) mass is 290 g/mol. The SMILES string of the molecule is N#CBN1CN([C@H]2C[C@H](O)[C@@H](CO)O2)c2ncnc(N)c21. The maximum atomic E-state index is 9.86. The molecule has 110 valence electrons. The lowest BCUT2D eigenvalue weighted by Crippen LogP contribution is -2.40. The van der Waals surface area contributed by atoms with Crippen molar-refractivity contribution in [1.82, 2.24) is 9.97 Å². The molecule has 0 radical (unpaired) electrons. The van der Waals surface area contributed by atoms with Crippen molar-refractivity contribution < 1.29 is 14.9 Å². The van der Waals surface area contributed by atoms with E-state index in [2.05, 4.69) is 15.9 Å². The van der Waals surface area contributed by atoms with Gasteiger partial charge in [0.15, 0.2) is 11.6 Å². The zero-order chi connectivity index (χ0) is 15.0. The van der Waals surface area contributed by atoms with Gasteiger partial charge >= 0.3 is 7.41 Å². The smallest absolute Gasteiger partial charge is 0.362 e. The normalized spacial score (nSPS) is 27.6. The van der Waals surface area contributed by atoms with Gasteiger partial charge in [0.25, 0.3) is 0 Å². The Bertz CT molecular complexity index is 582. The van der Waals surface area contributed by atoms with Crippen molar-refractivity contribution in [1.29, 1.82) is 5.26 Å². The number of ether oxygens (including phenoxy) is 1. The molecule has 0 aliphatic carbocycles. The minimum atomic E-state index is -0.729. The summed E-state index contributed by atoms with van der Waals surface area (Å²) in [6.45, 7) is 0.132. The maximum absolute atomic E-state index is 9.86. The minimum Gasteiger partial charge on any atom is -0.394 e. The number of fused-ring (bicyclic) bond motifs is 1. The highest BCUT2D eigenvalue weighted by molar-refractivity contribution is 6.51. The quantitative estimate of drug-likeness (QED) is 0.538. The van der Waals surface area contributed by atoms with E-state index in [1.807, 2.05) is 4.90 Å². The second-order valence-electron chi connectivity index (χ2n) is 5.01. The lowest BCUT2D eigenvalue weighted by Gasteiger charge is -2.25. The summed E-state index contributed by atoms with van der Waals surface area (Å²) in [6.07, 6.45) is -0.0508.